The van der Waals surface area contributed by atoms with Crippen molar-refractivity contribution in [2.45, 2.75) is 45.6 Å². The number of aliphatic hydroxyl groups excluding tert-OH is 1. The van der Waals surface area contributed by atoms with E-state index in [0.29, 0.717) is 6.61 Å². The molecule has 1 aromatic carbocycles. The molecule has 0 heterocycles. The maximum absolute atomic E-state index is 9.77. The van der Waals surface area contributed by atoms with E-state index in [-0.39, 0.29) is 5.41 Å². The highest BCUT2D eigenvalue weighted by atomic mass is 16.3. The van der Waals surface area contributed by atoms with Crippen LogP contribution in [0.3, 0.4) is 0 Å². The number of aryl methyl sites for hydroxylation is 1. The Labute approximate surface area is 117 Å². The van der Waals surface area contributed by atoms with E-state index in [9.17, 15) is 5.11 Å². The van der Waals surface area contributed by atoms with Crippen LogP contribution in [-0.2, 0) is 6.54 Å². The van der Waals surface area contributed by atoms with Crippen molar-refractivity contribution < 1.29 is 5.11 Å². The second-order valence-electron chi connectivity index (χ2n) is 6.38. The van der Waals surface area contributed by atoms with Crippen LogP contribution in [0.15, 0.2) is 24.3 Å². The first-order valence-electron chi connectivity index (χ1n) is 7.49. The van der Waals surface area contributed by atoms with Gasteiger partial charge in [-0.1, -0.05) is 49.1 Å². The molecule has 1 N–H and O–H groups in total. The standard InChI is InChI=1S/C17H27NO/c1-15-6-8-16(9-7-15)12-18(2)13-17(14-19)10-4-3-5-11-17/h6-9,19H,3-5,10-14H2,1-2H3. The van der Waals surface area contributed by atoms with Gasteiger partial charge >= 0.3 is 0 Å². The average molecular weight is 261 g/mol. The van der Waals surface area contributed by atoms with E-state index in [1.165, 1.54) is 43.2 Å². The second kappa shape index (κ2) is 6.53. The van der Waals surface area contributed by atoms with Gasteiger partial charge in [-0.05, 0) is 32.4 Å². The molecule has 0 saturated heterocycles. The molecule has 0 spiro atoms. The fourth-order valence-corrected chi connectivity index (χ4v) is 3.30. The summed E-state index contributed by atoms with van der Waals surface area (Å²) in [6, 6.07) is 8.76. The van der Waals surface area contributed by atoms with E-state index in [1.54, 1.807) is 0 Å². The van der Waals surface area contributed by atoms with Crippen LogP contribution in [0.5, 0.6) is 0 Å². The summed E-state index contributed by atoms with van der Waals surface area (Å²) in [4.78, 5) is 2.37. The van der Waals surface area contributed by atoms with Crippen LogP contribution >= 0.6 is 0 Å². The van der Waals surface area contributed by atoms with Crippen LogP contribution < -0.4 is 0 Å². The van der Waals surface area contributed by atoms with Crippen molar-refractivity contribution in [1.82, 2.24) is 4.90 Å². The fourth-order valence-electron chi connectivity index (χ4n) is 3.30. The molecule has 0 radical (unpaired) electrons. The van der Waals surface area contributed by atoms with E-state index < -0.39 is 0 Å². The summed E-state index contributed by atoms with van der Waals surface area (Å²) >= 11 is 0. The molecule has 106 valence electrons. The van der Waals surface area contributed by atoms with E-state index in [1.807, 2.05) is 0 Å². The molecule has 19 heavy (non-hydrogen) atoms. The molecule has 0 atom stereocenters. The van der Waals surface area contributed by atoms with E-state index >= 15 is 0 Å². The van der Waals surface area contributed by atoms with Crippen molar-refractivity contribution in [1.29, 1.82) is 0 Å². The van der Waals surface area contributed by atoms with Crippen molar-refractivity contribution in [3.05, 3.63) is 35.4 Å². The minimum Gasteiger partial charge on any atom is -0.396 e. The van der Waals surface area contributed by atoms with Gasteiger partial charge in [0.1, 0.15) is 0 Å². The zero-order chi connectivity index (χ0) is 13.7. The minimum absolute atomic E-state index is 0.150. The minimum atomic E-state index is 0.150. The van der Waals surface area contributed by atoms with Crippen molar-refractivity contribution in [3.63, 3.8) is 0 Å². The van der Waals surface area contributed by atoms with Gasteiger partial charge in [0.2, 0.25) is 0 Å². The number of nitrogens with zero attached hydrogens (tertiary/aromatic N) is 1. The van der Waals surface area contributed by atoms with Crippen LogP contribution in [0.2, 0.25) is 0 Å². The Morgan fingerprint density at radius 2 is 1.74 bits per heavy atom. The largest absolute Gasteiger partial charge is 0.396 e. The number of hydrogen-bond acceptors (Lipinski definition) is 2. The molecule has 1 aromatic rings. The topological polar surface area (TPSA) is 23.5 Å². The second-order valence-corrected chi connectivity index (χ2v) is 6.38. The number of hydrogen-bond donors (Lipinski definition) is 1. The summed E-state index contributed by atoms with van der Waals surface area (Å²) in [6.45, 7) is 4.45. The lowest BCUT2D eigenvalue weighted by atomic mass is 9.74. The molecule has 0 amide bonds. The van der Waals surface area contributed by atoms with Crippen molar-refractivity contribution in [3.8, 4) is 0 Å². The summed E-state index contributed by atoms with van der Waals surface area (Å²) in [7, 11) is 2.17. The van der Waals surface area contributed by atoms with Crippen molar-refractivity contribution in [2.75, 3.05) is 20.2 Å². The lowest BCUT2D eigenvalue weighted by Gasteiger charge is -2.38. The summed E-state index contributed by atoms with van der Waals surface area (Å²) in [6.07, 6.45) is 6.25. The normalized spacial score (nSPS) is 18.7. The van der Waals surface area contributed by atoms with Crippen LogP contribution in [0.1, 0.15) is 43.2 Å². The van der Waals surface area contributed by atoms with Gasteiger partial charge in [0.15, 0.2) is 0 Å². The molecule has 1 aliphatic rings. The third-order valence-electron chi connectivity index (χ3n) is 4.43. The third kappa shape index (κ3) is 4.05. The molecule has 1 fully saturated rings. The molecule has 2 nitrogen and oxygen atoms in total. The molecule has 0 aliphatic heterocycles. The third-order valence-corrected chi connectivity index (χ3v) is 4.43. The predicted molar refractivity (Wildman–Crippen MR) is 80.1 cm³/mol. The summed E-state index contributed by atoms with van der Waals surface area (Å²) < 4.78 is 0. The monoisotopic (exact) mass is 261 g/mol. The zero-order valence-corrected chi connectivity index (χ0v) is 12.4. The molecule has 1 saturated carbocycles. The molecule has 2 heteroatoms. The highest BCUT2D eigenvalue weighted by Crippen LogP contribution is 2.36. The van der Waals surface area contributed by atoms with Gasteiger partial charge in [-0.3, -0.25) is 0 Å². The van der Waals surface area contributed by atoms with Gasteiger partial charge in [0, 0.05) is 25.1 Å². The van der Waals surface area contributed by atoms with Gasteiger partial charge in [0.25, 0.3) is 0 Å². The van der Waals surface area contributed by atoms with Crippen LogP contribution in [0.4, 0.5) is 0 Å². The lowest BCUT2D eigenvalue weighted by molar-refractivity contribution is 0.0464. The highest BCUT2D eigenvalue weighted by molar-refractivity contribution is 5.21. The molecule has 0 aromatic heterocycles. The molecule has 1 aliphatic carbocycles. The van der Waals surface area contributed by atoms with Gasteiger partial charge in [-0.15, -0.1) is 0 Å². The Morgan fingerprint density at radius 1 is 1.11 bits per heavy atom. The Balaban J connectivity index is 1.92. The Hall–Kier alpha value is -0.860. The first-order chi connectivity index (χ1) is 9.13. The summed E-state index contributed by atoms with van der Waals surface area (Å²) in [5, 5.41) is 9.77. The summed E-state index contributed by atoms with van der Waals surface area (Å²) in [5.74, 6) is 0. The van der Waals surface area contributed by atoms with Gasteiger partial charge < -0.3 is 10.0 Å². The molecular weight excluding hydrogens is 234 g/mol. The SMILES string of the molecule is Cc1ccc(CN(C)CC2(CO)CCCCC2)cc1. The van der Waals surface area contributed by atoms with Crippen LogP contribution in [-0.4, -0.2) is 30.2 Å². The van der Waals surface area contributed by atoms with Gasteiger partial charge in [0.05, 0.1) is 0 Å². The maximum Gasteiger partial charge on any atom is 0.0499 e. The van der Waals surface area contributed by atoms with E-state index in [4.69, 9.17) is 0 Å². The number of benzene rings is 1. The van der Waals surface area contributed by atoms with Crippen molar-refractivity contribution >= 4 is 0 Å². The van der Waals surface area contributed by atoms with Crippen LogP contribution in [0.25, 0.3) is 0 Å². The van der Waals surface area contributed by atoms with Gasteiger partial charge in [-0.25, -0.2) is 0 Å². The summed E-state index contributed by atoms with van der Waals surface area (Å²) in [5.41, 5.74) is 2.82. The Kier molecular flexibility index (Phi) is 5.00. The number of aliphatic hydroxyl groups is 1. The van der Waals surface area contributed by atoms with Crippen LogP contribution in [0, 0.1) is 12.3 Å². The maximum atomic E-state index is 9.77. The number of rotatable bonds is 5. The molecular formula is C17H27NO. The first-order valence-corrected chi connectivity index (χ1v) is 7.49. The molecule has 2 rings (SSSR count). The van der Waals surface area contributed by atoms with E-state index in [0.717, 1.165) is 13.1 Å². The molecule has 0 bridgehead atoms. The average Bonchev–Trinajstić information content (AvgIpc) is 2.42. The molecule has 0 unspecified atom stereocenters. The smallest absolute Gasteiger partial charge is 0.0499 e. The van der Waals surface area contributed by atoms with Crippen molar-refractivity contribution in [2.24, 2.45) is 5.41 Å². The zero-order valence-electron chi connectivity index (χ0n) is 12.4. The van der Waals surface area contributed by atoms with Gasteiger partial charge in [-0.2, -0.15) is 0 Å². The highest BCUT2D eigenvalue weighted by Gasteiger charge is 2.32. The Bertz CT molecular complexity index is 379. The predicted octanol–water partition coefficient (Wildman–Crippen LogP) is 3.37. The first kappa shape index (κ1) is 14.5. The van der Waals surface area contributed by atoms with E-state index in [2.05, 4.69) is 43.1 Å². The quantitative estimate of drug-likeness (QED) is 0.878. The fraction of sp³-hybridized carbons (Fsp3) is 0.647. The Morgan fingerprint density at radius 3 is 2.32 bits per heavy atom. The lowest BCUT2D eigenvalue weighted by Crippen LogP contribution is -2.39.